The molecule has 3 rings (SSSR count). The first-order valence-corrected chi connectivity index (χ1v) is 9.06. The lowest BCUT2D eigenvalue weighted by Gasteiger charge is -2.43. The number of rotatable bonds is 6. The number of piperidine rings is 1. The lowest BCUT2D eigenvalue weighted by molar-refractivity contribution is -0.125. The summed E-state index contributed by atoms with van der Waals surface area (Å²) in [7, 11) is 0. The van der Waals surface area contributed by atoms with Gasteiger partial charge in [0.2, 0.25) is 0 Å². The molecule has 0 radical (unpaired) electrons. The van der Waals surface area contributed by atoms with Gasteiger partial charge in [-0.2, -0.15) is 0 Å². The molecule has 1 amide bonds. The predicted molar refractivity (Wildman–Crippen MR) is 93.2 cm³/mol. The fourth-order valence-electron chi connectivity index (χ4n) is 3.68. The van der Waals surface area contributed by atoms with Gasteiger partial charge in [-0.25, -0.2) is 0 Å². The van der Waals surface area contributed by atoms with E-state index in [1.54, 1.807) is 24.3 Å². The van der Waals surface area contributed by atoms with Gasteiger partial charge < -0.3 is 20.5 Å². The summed E-state index contributed by atoms with van der Waals surface area (Å²) in [5.74, 6) is 1.33. The number of hydrogen-bond donors (Lipinski definition) is 3. The minimum atomic E-state index is -0.209. The van der Waals surface area contributed by atoms with Crippen LogP contribution >= 0.6 is 11.6 Å². The van der Waals surface area contributed by atoms with Crippen LogP contribution in [0.25, 0.3) is 0 Å². The number of halogens is 1. The average molecular weight is 353 g/mol. The average Bonchev–Trinajstić information content (AvgIpc) is 2.56. The summed E-state index contributed by atoms with van der Waals surface area (Å²) in [5, 5.41) is 16.7. The molecule has 1 aliphatic carbocycles. The topological polar surface area (TPSA) is 70.6 Å². The third-order valence-corrected chi connectivity index (χ3v) is 5.28. The van der Waals surface area contributed by atoms with E-state index in [0.29, 0.717) is 22.6 Å². The van der Waals surface area contributed by atoms with Crippen molar-refractivity contribution in [2.75, 3.05) is 19.7 Å². The Balaban J connectivity index is 1.54. The zero-order valence-electron chi connectivity index (χ0n) is 13.7. The Labute approximate surface area is 147 Å². The largest absolute Gasteiger partial charge is 0.484 e. The molecule has 0 bridgehead atoms. The second-order valence-corrected chi connectivity index (χ2v) is 7.25. The van der Waals surface area contributed by atoms with E-state index >= 15 is 0 Å². The monoisotopic (exact) mass is 352 g/mol. The maximum Gasteiger partial charge on any atom is 0.258 e. The fourth-order valence-corrected chi connectivity index (χ4v) is 3.86. The molecule has 132 valence electrons. The third-order valence-electron chi connectivity index (χ3n) is 5.04. The van der Waals surface area contributed by atoms with Crippen molar-refractivity contribution < 1.29 is 14.6 Å². The number of aliphatic hydroxyl groups excluding tert-OH is 1. The van der Waals surface area contributed by atoms with E-state index in [1.807, 2.05) is 0 Å². The summed E-state index contributed by atoms with van der Waals surface area (Å²) >= 11 is 5.92. The summed E-state index contributed by atoms with van der Waals surface area (Å²) in [5.41, 5.74) is 0. The molecule has 6 heteroatoms. The fraction of sp³-hybridized carbons (Fsp3) is 0.611. The molecule has 1 heterocycles. The molecular formula is C18H25ClN2O3. The molecule has 24 heavy (non-hydrogen) atoms. The molecule has 1 atom stereocenters. The molecule has 1 aromatic carbocycles. The highest BCUT2D eigenvalue weighted by Gasteiger charge is 2.39. The van der Waals surface area contributed by atoms with E-state index in [1.165, 1.54) is 0 Å². The van der Waals surface area contributed by atoms with Crippen LogP contribution in [0.5, 0.6) is 5.75 Å². The molecule has 2 aliphatic rings. The molecule has 1 saturated heterocycles. The smallest absolute Gasteiger partial charge is 0.258 e. The minimum absolute atomic E-state index is 0.0168. The molecule has 1 aliphatic heterocycles. The second kappa shape index (κ2) is 8.19. The first kappa shape index (κ1) is 17.5. The van der Waals surface area contributed by atoms with Gasteiger partial charge in [-0.15, -0.1) is 0 Å². The Hall–Kier alpha value is -1.30. The number of ether oxygens (including phenoxy) is 1. The van der Waals surface area contributed by atoms with Gasteiger partial charge in [-0.05, 0) is 68.8 Å². The SMILES string of the molecule is O=C(COc1cccc(Cl)c1)NC(C1CCNCC1)C1CC(O)C1. The second-order valence-electron chi connectivity index (χ2n) is 6.81. The Bertz CT molecular complexity index is 557. The quantitative estimate of drug-likeness (QED) is 0.732. The Morgan fingerprint density at radius 2 is 2.08 bits per heavy atom. The van der Waals surface area contributed by atoms with Crippen LogP contribution in [0.4, 0.5) is 0 Å². The van der Waals surface area contributed by atoms with E-state index in [-0.39, 0.29) is 24.7 Å². The van der Waals surface area contributed by atoms with Crippen LogP contribution in [0.3, 0.4) is 0 Å². The molecule has 0 aromatic heterocycles. The molecular weight excluding hydrogens is 328 g/mol. The van der Waals surface area contributed by atoms with Crippen molar-refractivity contribution in [1.82, 2.24) is 10.6 Å². The van der Waals surface area contributed by atoms with Crippen molar-refractivity contribution in [3.63, 3.8) is 0 Å². The lowest BCUT2D eigenvalue weighted by Crippen LogP contribution is -2.53. The van der Waals surface area contributed by atoms with Crippen LogP contribution in [-0.2, 0) is 4.79 Å². The Morgan fingerprint density at radius 3 is 2.75 bits per heavy atom. The van der Waals surface area contributed by atoms with Crippen molar-refractivity contribution in [3.05, 3.63) is 29.3 Å². The van der Waals surface area contributed by atoms with Crippen LogP contribution in [0.2, 0.25) is 5.02 Å². The van der Waals surface area contributed by atoms with Crippen molar-refractivity contribution in [2.24, 2.45) is 11.8 Å². The molecule has 1 saturated carbocycles. The maximum atomic E-state index is 12.3. The number of nitrogens with one attached hydrogen (secondary N) is 2. The lowest BCUT2D eigenvalue weighted by atomic mass is 9.71. The molecule has 1 unspecified atom stereocenters. The highest BCUT2D eigenvalue weighted by molar-refractivity contribution is 6.30. The van der Waals surface area contributed by atoms with Crippen molar-refractivity contribution in [1.29, 1.82) is 0 Å². The number of carbonyl (C=O) groups is 1. The van der Waals surface area contributed by atoms with Gasteiger partial charge in [0.05, 0.1) is 6.10 Å². The standard InChI is InChI=1S/C18H25ClN2O3/c19-14-2-1-3-16(10-14)24-11-17(23)21-18(13-8-15(22)9-13)12-4-6-20-7-5-12/h1-3,10,12-13,15,18,20,22H,4-9,11H2,(H,21,23). The summed E-state index contributed by atoms with van der Waals surface area (Å²) < 4.78 is 5.53. The normalized spacial score (nSPS) is 25.6. The number of benzene rings is 1. The van der Waals surface area contributed by atoms with Crippen LogP contribution in [0.15, 0.2) is 24.3 Å². The highest BCUT2D eigenvalue weighted by atomic mass is 35.5. The van der Waals surface area contributed by atoms with E-state index in [9.17, 15) is 9.90 Å². The first-order chi connectivity index (χ1) is 11.6. The predicted octanol–water partition coefficient (Wildman–Crippen LogP) is 1.97. The van der Waals surface area contributed by atoms with Gasteiger partial charge >= 0.3 is 0 Å². The molecule has 1 aromatic rings. The molecule has 5 nitrogen and oxygen atoms in total. The van der Waals surface area contributed by atoms with Crippen molar-refractivity contribution >= 4 is 17.5 Å². The van der Waals surface area contributed by atoms with E-state index in [2.05, 4.69) is 10.6 Å². The Morgan fingerprint density at radius 1 is 1.33 bits per heavy atom. The van der Waals surface area contributed by atoms with Gasteiger partial charge in [0.15, 0.2) is 6.61 Å². The van der Waals surface area contributed by atoms with Crippen LogP contribution in [0.1, 0.15) is 25.7 Å². The van der Waals surface area contributed by atoms with Gasteiger partial charge in [-0.1, -0.05) is 17.7 Å². The number of carbonyl (C=O) groups excluding carboxylic acids is 1. The summed E-state index contributed by atoms with van der Waals surface area (Å²) in [6, 6.07) is 7.17. The minimum Gasteiger partial charge on any atom is -0.484 e. The summed E-state index contributed by atoms with van der Waals surface area (Å²) in [6.45, 7) is 1.97. The summed E-state index contributed by atoms with van der Waals surface area (Å²) in [4.78, 5) is 12.3. The third kappa shape index (κ3) is 4.62. The molecule has 2 fully saturated rings. The zero-order chi connectivity index (χ0) is 16.9. The van der Waals surface area contributed by atoms with Gasteiger partial charge in [0.1, 0.15) is 5.75 Å². The highest BCUT2D eigenvalue weighted by Crippen LogP contribution is 2.35. The number of hydrogen-bond acceptors (Lipinski definition) is 4. The van der Waals surface area contributed by atoms with E-state index in [0.717, 1.165) is 38.8 Å². The van der Waals surface area contributed by atoms with Gasteiger partial charge in [-0.3, -0.25) is 4.79 Å². The molecule has 0 spiro atoms. The van der Waals surface area contributed by atoms with Crippen LogP contribution < -0.4 is 15.4 Å². The van der Waals surface area contributed by atoms with Crippen LogP contribution in [0, 0.1) is 11.8 Å². The first-order valence-electron chi connectivity index (χ1n) is 8.68. The van der Waals surface area contributed by atoms with E-state index in [4.69, 9.17) is 16.3 Å². The maximum absolute atomic E-state index is 12.3. The molecule has 3 N–H and O–H groups in total. The van der Waals surface area contributed by atoms with Gasteiger partial charge in [0, 0.05) is 11.1 Å². The number of amides is 1. The Kier molecular flexibility index (Phi) is 5.98. The van der Waals surface area contributed by atoms with Crippen molar-refractivity contribution in [2.45, 2.75) is 37.8 Å². The van der Waals surface area contributed by atoms with Gasteiger partial charge in [0.25, 0.3) is 5.91 Å². The zero-order valence-corrected chi connectivity index (χ0v) is 14.5. The number of aliphatic hydroxyl groups is 1. The van der Waals surface area contributed by atoms with Crippen LogP contribution in [-0.4, -0.2) is 42.9 Å². The van der Waals surface area contributed by atoms with Crippen molar-refractivity contribution in [3.8, 4) is 5.75 Å². The van der Waals surface area contributed by atoms with E-state index < -0.39 is 0 Å². The summed E-state index contributed by atoms with van der Waals surface area (Å²) in [6.07, 6.45) is 3.48.